The van der Waals surface area contributed by atoms with Crippen LogP contribution in [0.25, 0.3) is 0 Å². The van der Waals surface area contributed by atoms with Crippen molar-refractivity contribution in [2.75, 3.05) is 11.9 Å². The number of aromatic nitrogens is 1. The molecule has 0 bridgehead atoms. The second kappa shape index (κ2) is 6.71. The summed E-state index contributed by atoms with van der Waals surface area (Å²) in [5.41, 5.74) is 0.424. The standard InChI is InChI=1S/C13H19N5O/c1-10(13(2,3)8-19)17-12(16-9-14)18-11-4-6-15-7-5-11/h4-7,10,19H,8H2,1-3H3,(H2,15,16,17,18). The van der Waals surface area contributed by atoms with E-state index >= 15 is 0 Å². The molecule has 102 valence electrons. The average molecular weight is 261 g/mol. The first-order valence-corrected chi connectivity index (χ1v) is 6.00. The lowest BCUT2D eigenvalue weighted by molar-refractivity contribution is 0.139. The van der Waals surface area contributed by atoms with Crippen LogP contribution in [-0.2, 0) is 0 Å². The summed E-state index contributed by atoms with van der Waals surface area (Å²) in [5, 5.41) is 23.6. The molecule has 0 amide bonds. The highest BCUT2D eigenvalue weighted by Crippen LogP contribution is 2.22. The molecule has 6 heteroatoms. The first-order valence-electron chi connectivity index (χ1n) is 6.00. The van der Waals surface area contributed by atoms with Crippen molar-refractivity contribution >= 4 is 11.6 Å². The van der Waals surface area contributed by atoms with Gasteiger partial charge in [-0.15, -0.1) is 0 Å². The van der Waals surface area contributed by atoms with Crippen LogP contribution in [0.15, 0.2) is 29.5 Å². The zero-order chi connectivity index (χ0) is 14.3. The van der Waals surface area contributed by atoms with Gasteiger partial charge in [0, 0.05) is 23.5 Å². The Balaban J connectivity index is 2.86. The molecule has 0 aliphatic heterocycles. The summed E-state index contributed by atoms with van der Waals surface area (Å²) in [7, 11) is 0. The van der Waals surface area contributed by atoms with Crippen LogP contribution in [0, 0.1) is 16.9 Å². The molecule has 0 aliphatic rings. The number of pyridine rings is 1. The van der Waals surface area contributed by atoms with Gasteiger partial charge in [0.25, 0.3) is 0 Å². The number of nitriles is 1. The van der Waals surface area contributed by atoms with Crippen molar-refractivity contribution in [3.63, 3.8) is 0 Å². The molecule has 0 saturated heterocycles. The van der Waals surface area contributed by atoms with E-state index in [4.69, 9.17) is 5.26 Å². The maximum absolute atomic E-state index is 9.31. The number of aliphatic hydroxyl groups is 1. The third-order valence-electron chi connectivity index (χ3n) is 2.98. The van der Waals surface area contributed by atoms with E-state index in [0.717, 1.165) is 5.69 Å². The zero-order valence-corrected chi connectivity index (χ0v) is 11.4. The van der Waals surface area contributed by atoms with Gasteiger partial charge in [0.1, 0.15) is 0 Å². The zero-order valence-electron chi connectivity index (χ0n) is 11.4. The molecule has 0 spiro atoms. The predicted molar refractivity (Wildman–Crippen MR) is 74.4 cm³/mol. The number of aliphatic hydroxyl groups excluding tert-OH is 1. The number of hydrogen-bond donors (Lipinski definition) is 3. The van der Waals surface area contributed by atoms with Crippen molar-refractivity contribution in [1.29, 1.82) is 5.26 Å². The fraction of sp³-hybridized carbons (Fsp3) is 0.462. The summed E-state index contributed by atoms with van der Waals surface area (Å²) in [6.45, 7) is 5.74. The first kappa shape index (κ1) is 14.9. The molecule has 0 saturated carbocycles. The van der Waals surface area contributed by atoms with E-state index in [9.17, 15) is 5.11 Å². The van der Waals surface area contributed by atoms with Crippen molar-refractivity contribution in [2.45, 2.75) is 26.8 Å². The van der Waals surface area contributed by atoms with E-state index in [1.165, 1.54) is 0 Å². The lowest BCUT2D eigenvalue weighted by atomic mass is 9.87. The third-order valence-corrected chi connectivity index (χ3v) is 2.98. The monoisotopic (exact) mass is 261 g/mol. The van der Waals surface area contributed by atoms with E-state index in [1.807, 2.05) is 27.0 Å². The van der Waals surface area contributed by atoms with Crippen LogP contribution in [0.4, 0.5) is 5.69 Å². The van der Waals surface area contributed by atoms with Crippen molar-refractivity contribution in [1.82, 2.24) is 10.3 Å². The molecular formula is C13H19N5O. The first-order chi connectivity index (χ1) is 8.99. The van der Waals surface area contributed by atoms with Crippen LogP contribution < -0.4 is 10.6 Å². The van der Waals surface area contributed by atoms with Gasteiger partial charge in [-0.2, -0.15) is 5.26 Å². The number of nitrogens with zero attached hydrogens (tertiary/aromatic N) is 3. The van der Waals surface area contributed by atoms with Gasteiger partial charge in [-0.3, -0.25) is 10.3 Å². The second-order valence-corrected chi connectivity index (χ2v) is 4.90. The third kappa shape index (κ3) is 4.56. The van der Waals surface area contributed by atoms with Crippen molar-refractivity contribution < 1.29 is 5.11 Å². The number of hydrogen-bond acceptors (Lipinski definition) is 4. The maximum atomic E-state index is 9.31. The quantitative estimate of drug-likeness (QED) is 0.329. The van der Waals surface area contributed by atoms with Crippen molar-refractivity contribution in [3.8, 4) is 6.19 Å². The second-order valence-electron chi connectivity index (χ2n) is 4.90. The molecule has 1 aromatic heterocycles. The Hall–Kier alpha value is -2.13. The summed E-state index contributed by atoms with van der Waals surface area (Å²) in [4.78, 5) is 8.31. The summed E-state index contributed by atoms with van der Waals surface area (Å²) < 4.78 is 0. The molecule has 1 atom stereocenters. The normalized spacial score (nSPS) is 13.5. The molecule has 1 aromatic rings. The summed E-state index contributed by atoms with van der Waals surface area (Å²) in [6, 6.07) is 3.40. The number of rotatable bonds is 4. The van der Waals surface area contributed by atoms with E-state index in [0.29, 0.717) is 5.96 Å². The molecule has 6 nitrogen and oxygen atoms in total. The molecule has 0 aliphatic carbocycles. The molecule has 0 radical (unpaired) electrons. The Labute approximate surface area is 113 Å². The fourth-order valence-electron chi connectivity index (χ4n) is 1.22. The van der Waals surface area contributed by atoms with Gasteiger partial charge >= 0.3 is 0 Å². The van der Waals surface area contributed by atoms with E-state index in [-0.39, 0.29) is 18.1 Å². The lowest BCUT2D eigenvalue weighted by Crippen LogP contribution is -2.34. The van der Waals surface area contributed by atoms with Crippen LogP contribution in [0.3, 0.4) is 0 Å². The Kier molecular flexibility index (Phi) is 5.27. The topological polar surface area (TPSA) is 93.3 Å². The average Bonchev–Trinajstić information content (AvgIpc) is 2.40. The highest BCUT2D eigenvalue weighted by atomic mass is 16.3. The number of nitrogens with one attached hydrogen (secondary N) is 2. The summed E-state index contributed by atoms with van der Waals surface area (Å²) >= 11 is 0. The lowest BCUT2D eigenvalue weighted by Gasteiger charge is -2.27. The molecule has 1 heterocycles. The SMILES string of the molecule is CC(N=C(NC#N)Nc1ccncc1)C(C)(C)CO. The highest BCUT2D eigenvalue weighted by Gasteiger charge is 2.25. The molecule has 19 heavy (non-hydrogen) atoms. The Morgan fingerprint density at radius 1 is 1.53 bits per heavy atom. The Morgan fingerprint density at radius 2 is 2.16 bits per heavy atom. The molecule has 1 rings (SSSR count). The Bertz CT molecular complexity index is 464. The van der Waals surface area contributed by atoms with Crippen LogP contribution in [-0.4, -0.2) is 28.7 Å². The van der Waals surface area contributed by atoms with Crippen LogP contribution >= 0.6 is 0 Å². The van der Waals surface area contributed by atoms with Gasteiger partial charge in [0.05, 0.1) is 12.6 Å². The molecule has 3 N–H and O–H groups in total. The number of guanidine groups is 1. The van der Waals surface area contributed by atoms with E-state index in [2.05, 4.69) is 20.6 Å². The largest absolute Gasteiger partial charge is 0.396 e. The summed E-state index contributed by atoms with van der Waals surface area (Å²) in [6.07, 6.45) is 5.13. The minimum absolute atomic E-state index is 0.0206. The van der Waals surface area contributed by atoms with E-state index < -0.39 is 0 Å². The molecule has 0 fully saturated rings. The maximum Gasteiger partial charge on any atom is 0.209 e. The molecule has 0 aromatic carbocycles. The van der Waals surface area contributed by atoms with Crippen LogP contribution in [0.2, 0.25) is 0 Å². The van der Waals surface area contributed by atoms with Gasteiger partial charge < -0.3 is 10.4 Å². The number of aliphatic imine (C=N–C) groups is 1. The predicted octanol–water partition coefficient (Wildman–Crippen LogP) is 1.33. The van der Waals surface area contributed by atoms with Gasteiger partial charge in [-0.1, -0.05) is 13.8 Å². The summed E-state index contributed by atoms with van der Waals surface area (Å²) in [5.74, 6) is 0.350. The number of anilines is 1. The molecular weight excluding hydrogens is 242 g/mol. The van der Waals surface area contributed by atoms with E-state index in [1.54, 1.807) is 24.5 Å². The minimum Gasteiger partial charge on any atom is -0.396 e. The Morgan fingerprint density at radius 3 is 2.68 bits per heavy atom. The minimum atomic E-state index is -0.359. The highest BCUT2D eigenvalue weighted by molar-refractivity contribution is 5.94. The van der Waals surface area contributed by atoms with Crippen molar-refractivity contribution in [2.24, 2.45) is 10.4 Å². The van der Waals surface area contributed by atoms with Gasteiger partial charge in [0.2, 0.25) is 5.96 Å². The van der Waals surface area contributed by atoms with Crippen LogP contribution in [0.1, 0.15) is 20.8 Å². The van der Waals surface area contributed by atoms with Gasteiger partial charge in [-0.25, -0.2) is 4.99 Å². The van der Waals surface area contributed by atoms with Crippen molar-refractivity contribution in [3.05, 3.63) is 24.5 Å². The van der Waals surface area contributed by atoms with Gasteiger partial charge in [-0.05, 0) is 19.1 Å². The van der Waals surface area contributed by atoms with Gasteiger partial charge in [0.15, 0.2) is 6.19 Å². The molecule has 1 unspecified atom stereocenters. The van der Waals surface area contributed by atoms with Crippen LogP contribution in [0.5, 0.6) is 0 Å². The fourth-order valence-corrected chi connectivity index (χ4v) is 1.22. The smallest absolute Gasteiger partial charge is 0.209 e.